The van der Waals surface area contributed by atoms with Crippen LogP contribution in [0.1, 0.15) is 39.0 Å². The second-order valence-electron chi connectivity index (χ2n) is 3.48. The minimum absolute atomic E-state index is 0.536. The molecule has 0 aromatic heterocycles. The zero-order valence-electron chi connectivity index (χ0n) is 7.47. The fourth-order valence-electron chi connectivity index (χ4n) is 1.86. The number of rotatable bonds is 4. The van der Waals surface area contributed by atoms with Crippen molar-refractivity contribution >= 4 is 0 Å². The van der Waals surface area contributed by atoms with Gasteiger partial charge in [0, 0.05) is 0 Å². The van der Waals surface area contributed by atoms with Crippen LogP contribution in [-0.4, -0.2) is 0 Å². The van der Waals surface area contributed by atoms with E-state index in [1.165, 1.54) is 25.7 Å². The van der Waals surface area contributed by atoms with Crippen molar-refractivity contribution in [2.24, 2.45) is 5.41 Å². The minimum atomic E-state index is 0.536. The zero-order valence-corrected chi connectivity index (χ0v) is 7.47. The van der Waals surface area contributed by atoms with Gasteiger partial charge in [0.05, 0.1) is 0 Å². The molecule has 0 fully saturated rings. The molecule has 1 aliphatic carbocycles. The van der Waals surface area contributed by atoms with Crippen LogP contribution in [0.3, 0.4) is 0 Å². The molecule has 0 N–H and O–H groups in total. The number of hydrogen-bond donors (Lipinski definition) is 0. The highest BCUT2D eigenvalue weighted by Gasteiger charge is 2.26. The van der Waals surface area contributed by atoms with Crippen LogP contribution in [0.4, 0.5) is 0 Å². The highest BCUT2D eigenvalue weighted by atomic mass is 14.3. The van der Waals surface area contributed by atoms with Crippen LogP contribution in [0.2, 0.25) is 0 Å². The average Bonchev–Trinajstić information content (AvgIpc) is 2.50. The maximum absolute atomic E-state index is 3.76. The summed E-state index contributed by atoms with van der Waals surface area (Å²) in [5, 5.41) is 0. The summed E-state index contributed by atoms with van der Waals surface area (Å²) in [4.78, 5) is 0. The third kappa shape index (κ3) is 1.95. The van der Waals surface area contributed by atoms with Crippen molar-refractivity contribution < 1.29 is 0 Å². The van der Waals surface area contributed by atoms with Crippen LogP contribution in [-0.2, 0) is 0 Å². The van der Waals surface area contributed by atoms with E-state index in [4.69, 9.17) is 0 Å². The Morgan fingerprint density at radius 2 is 2.45 bits per heavy atom. The van der Waals surface area contributed by atoms with E-state index in [2.05, 4.69) is 25.7 Å². The molecule has 0 heteroatoms. The quantitative estimate of drug-likeness (QED) is 0.536. The molecule has 0 aromatic carbocycles. The summed E-state index contributed by atoms with van der Waals surface area (Å²) < 4.78 is 0. The van der Waals surface area contributed by atoms with Gasteiger partial charge in [-0.1, -0.05) is 25.2 Å². The van der Waals surface area contributed by atoms with Crippen molar-refractivity contribution in [2.75, 3.05) is 0 Å². The Morgan fingerprint density at radius 3 is 2.91 bits per heavy atom. The Morgan fingerprint density at radius 1 is 1.64 bits per heavy atom. The molecule has 1 atom stereocenters. The van der Waals surface area contributed by atoms with Crippen LogP contribution in [0.5, 0.6) is 0 Å². The molecule has 0 aromatic rings. The smallest absolute Gasteiger partial charge is 0.0115 e. The Labute approximate surface area is 70.0 Å². The zero-order chi connectivity index (χ0) is 8.16. The van der Waals surface area contributed by atoms with Crippen molar-refractivity contribution in [3.63, 3.8) is 0 Å². The van der Waals surface area contributed by atoms with Gasteiger partial charge < -0.3 is 0 Å². The van der Waals surface area contributed by atoms with E-state index in [-0.39, 0.29) is 0 Å². The SMILES string of the molecule is C=CCCC1(CC)C=CCC1. The third-order valence-electron chi connectivity index (χ3n) is 2.83. The van der Waals surface area contributed by atoms with Gasteiger partial charge in [0.1, 0.15) is 0 Å². The van der Waals surface area contributed by atoms with Gasteiger partial charge in [-0.15, -0.1) is 6.58 Å². The molecule has 0 spiro atoms. The Kier molecular flexibility index (Phi) is 2.92. The van der Waals surface area contributed by atoms with E-state index in [0.29, 0.717) is 5.41 Å². The van der Waals surface area contributed by atoms with Crippen LogP contribution >= 0.6 is 0 Å². The summed E-state index contributed by atoms with van der Waals surface area (Å²) in [6.07, 6.45) is 13.2. The molecule has 0 aliphatic heterocycles. The molecule has 0 heterocycles. The largest absolute Gasteiger partial charge is 0.103 e. The summed E-state index contributed by atoms with van der Waals surface area (Å²) in [6, 6.07) is 0. The fourth-order valence-corrected chi connectivity index (χ4v) is 1.86. The number of hydrogen-bond acceptors (Lipinski definition) is 0. The lowest BCUT2D eigenvalue weighted by atomic mass is 9.80. The van der Waals surface area contributed by atoms with E-state index in [0.717, 1.165) is 6.42 Å². The molecule has 0 amide bonds. The second-order valence-corrected chi connectivity index (χ2v) is 3.48. The summed E-state index contributed by atoms with van der Waals surface area (Å²) in [7, 11) is 0. The van der Waals surface area contributed by atoms with Gasteiger partial charge in [-0.05, 0) is 37.5 Å². The van der Waals surface area contributed by atoms with Gasteiger partial charge in [0.15, 0.2) is 0 Å². The first kappa shape index (κ1) is 8.58. The lowest BCUT2D eigenvalue weighted by molar-refractivity contribution is 0.334. The molecule has 11 heavy (non-hydrogen) atoms. The summed E-state index contributed by atoms with van der Waals surface area (Å²) in [5.74, 6) is 0. The summed E-state index contributed by atoms with van der Waals surface area (Å²) in [5.41, 5.74) is 0.536. The molecule has 1 aliphatic rings. The van der Waals surface area contributed by atoms with E-state index in [1.54, 1.807) is 0 Å². The van der Waals surface area contributed by atoms with Crippen LogP contribution in [0.15, 0.2) is 24.8 Å². The lowest BCUT2D eigenvalue weighted by Gasteiger charge is -2.24. The van der Waals surface area contributed by atoms with E-state index in [1.807, 2.05) is 6.08 Å². The minimum Gasteiger partial charge on any atom is -0.103 e. The third-order valence-corrected chi connectivity index (χ3v) is 2.83. The Bertz CT molecular complexity index is 155. The van der Waals surface area contributed by atoms with Crippen LogP contribution in [0.25, 0.3) is 0 Å². The van der Waals surface area contributed by atoms with Gasteiger partial charge in [-0.25, -0.2) is 0 Å². The average molecular weight is 150 g/mol. The van der Waals surface area contributed by atoms with Crippen molar-refractivity contribution in [1.82, 2.24) is 0 Å². The summed E-state index contributed by atoms with van der Waals surface area (Å²) >= 11 is 0. The molecular formula is C11H18. The molecule has 0 saturated carbocycles. The van der Waals surface area contributed by atoms with E-state index >= 15 is 0 Å². The van der Waals surface area contributed by atoms with Crippen LogP contribution < -0.4 is 0 Å². The normalized spacial score (nSPS) is 29.2. The van der Waals surface area contributed by atoms with Gasteiger partial charge >= 0.3 is 0 Å². The fraction of sp³-hybridized carbons (Fsp3) is 0.636. The van der Waals surface area contributed by atoms with Crippen molar-refractivity contribution in [1.29, 1.82) is 0 Å². The predicted molar refractivity (Wildman–Crippen MR) is 50.5 cm³/mol. The molecular weight excluding hydrogens is 132 g/mol. The van der Waals surface area contributed by atoms with E-state index in [9.17, 15) is 0 Å². The molecule has 0 nitrogen and oxygen atoms in total. The Hall–Kier alpha value is -0.520. The predicted octanol–water partition coefficient (Wildman–Crippen LogP) is 3.70. The maximum atomic E-state index is 3.76. The second kappa shape index (κ2) is 3.75. The summed E-state index contributed by atoms with van der Waals surface area (Å²) in [6.45, 7) is 6.05. The first-order valence-corrected chi connectivity index (χ1v) is 4.61. The number of allylic oxidation sites excluding steroid dienone is 3. The highest BCUT2D eigenvalue weighted by molar-refractivity contribution is 5.06. The Balaban J connectivity index is 2.46. The molecule has 0 bridgehead atoms. The van der Waals surface area contributed by atoms with Gasteiger partial charge in [0.25, 0.3) is 0 Å². The highest BCUT2D eigenvalue weighted by Crippen LogP contribution is 2.39. The van der Waals surface area contributed by atoms with Gasteiger partial charge in [0.2, 0.25) is 0 Å². The maximum Gasteiger partial charge on any atom is -0.0115 e. The lowest BCUT2D eigenvalue weighted by Crippen LogP contribution is -2.12. The molecule has 62 valence electrons. The molecule has 1 rings (SSSR count). The van der Waals surface area contributed by atoms with Crippen LogP contribution in [0, 0.1) is 5.41 Å². The molecule has 1 unspecified atom stereocenters. The monoisotopic (exact) mass is 150 g/mol. The first-order chi connectivity index (χ1) is 5.33. The van der Waals surface area contributed by atoms with Crippen molar-refractivity contribution in [3.05, 3.63) is 24.8 Å². The topological polar surface area (TPSA) is 0 Å². The standard InChI is InChI=1S/C11H18/c1-3-5-8-11(4-2)9-6-7-10-11/h3,6,9H,1,4-5,7-8,10H2,2H3. The van der Waals surface area contributed by atoms with Gasteiger partial charge in [-0.2, -0.15) is 0 Å². The molecule has 0 radical (unpaired) electrons. The van der Waals surface area contributed by atoms with Crippen molar-refractivity contribution in [2.45, 2.75) is 39.0 Å². The first-order valence-electron chi connectivity index (χ1n) is 4.61. The molecule has 0 saturated heterocycles. The van der Waals surface area contributed by atoms with Crippen molar-refractivity contribution in [3.8, 4) is 0 Å². The van der Waals surface area contributed by atoms with Gasteiger partial charge in [-0.3, -0.25) is 0 Å². The van der Waals surface area contributed by atoms with E-state index < -0.39 is 0 Å².